The average Bonchev–Trinajstić information content (AvgIpc) is 2.43. The Morgan fingerprint density at radius 1 is 1.10 bits per heavy atom. The third kappa shape index (κ3) is 4.03. The van der Waals surface area contributed by atoms with Crippen LogP contribution < -0.4 is 9.47 Å². The topological polar surface area (TPSA) is 21.7 Å². The number of fused-ring (bicyclic) bond motifs is 1. The summed E-state index contributed by atoms with van der Waals surface area (Å²) in [7, 11) is 3.39. The van der Waals surface area contributed by atoms with Crippen molar-refractivity contribution in [2.75, 3.05) is 27.3 Å². The van der Waals surface area contributed by atoms with Gasteiger partial charge in [-0.3, -0.25) is 4.90 Å². The van der Waals surface area contributed by atoms with Crippen molar-refractivity contribution in [1.29, 1.82) is 0 Å². The van der Waals surface area contributed by atoms with Crippen LogP contribution in [0.25, 0.3) is 0 Å². The summed E-state index contributed by atoms with van der Waals surface area (Å²) < 4.78 is 10.8. The first-order valence-corrected chi connectivity index (χ1v) is 7.10. The van der Waals surface area contributed by atoms with Gasteiger partial charge in [-0.15, -0.1) is 12.4 Å². The number of halogens is 1. The zero-order valence-corrected chi connectivity index (χ0v) is 13.8. The number of nitrogens with zero attached hydrogens (tertiary/aromatic N) is 1. The lowest BCUT2D eigenvalue weighted by molar-refractivity contribution is 0.238. The second-order valence-corrected chi connectivity index (χ2v) is 5.68. The molecule has 3 nitrogen and oxygen atoms in total. The van der Waals surface area contributed by atoms with E-state index in [0.29, 0.717) is 0 Å². The summed E-state index contributed by atoms with van der Waals surface area (Å²) >= 11 is 0. The molecule has 0 aromatic heterocycles. The minimum atomic E-state index is 0. The lowest BCUT2D eigenvalue weighted by Gasteiger charge is -2.30. The number of rotatable bonds is 5. The van der Waals surface area contributed by atoms with Gasteiger partial charge in [-0.05, 0) is 48.6 Å². The van der Waals surface area contributed by atoms with Crippen molar-refractivity contribution in [1.82, 2.24) is 4.90 Å². The minimum Gasteiger partial charge on any atom is -0.493 e. The quantitative estimate of drug-likeness (QED) is 0.830. The van der Waals surface area contributed by atoms with Crippen LogP contribution in [0.4, 0.5) is 0 Å². The molecule has 0 spiro atoms. The van der Waals surface area contributed by atoms with Gasteiger partial charge in [-0.1, -0.05) is 13.8 Å². The second-order valence-electron chi connectivity index (χ2n) is 5.68. The summed E-state index contributed by atoms with van der Waals surface area (Å²) in [6.45, 7) is 7.93. The molecular weight excluding hydrogens is 274 g/mol. The van der Waals surface area contributed by atoms with Crippen LogP contribution in [0, 0.1) is 5.92 Å². The fourth-order valence-corrected chi connectivity index (χ4v) is 2.57. The maximum atomic E-state index is 5.39. The van der Waals surface area contributed by atoms with Gasteiger partial charge in [-0.2, -0.15) is 0 Å². The Morgan fingerprint density at radius 3 is 2.25 bits per heavy atom. The van der Waals surface area contributed by atoms with Gasteiger partial charge < -0.3 is 9.47 Å². The van der Waals surface area contributed by atoms with Gasteiger partial charge >= 0.3 is 0 Å². The van der Waals surface area contributed by atoms with E-state index in [1.807, 2.05) is 0 Å². The molecule has 1 aliphatic rings. The highest BCUT2D eigenvalue weighted by molar-refractivity contribution is 5.85. The molecule has 0 radical (unpaired) electrons. The molecule has 0 N–H and O–H groups in total. The molecule has 0 unspecified atom stereocenters. The van der Waals surface area contributed by atoms with Crippen molar-refractivity contribution < 1.29 is 9.47 Å². The standard InChI is InChI=1S/C16H25NO2.ClH/c1-12(2)5-7-17-8-6-13-9-15(18-3)16(19-4)10-14(13)11-17;/h9-10,12H,5-8,11H2,1-4H3;1H. The van der Waals surface area contributed by atoms with Crippen LogP contribution in [0.1, 0.15) is 31.4 Å². The molecule has 114 valence electrons. The summed E-state index contributed by atoms with van der Waals surface area (Å²) in [6.07, 6.45) is 2.37. The van der Waals surface area contributed by atoms with E-state index in [2.05, 4.69) is 30.9 Å². The van der Waals surface area contributed by atoms with Crippen molar-refractivity contribution in [2.24, 2.45) is 5.92 Å². The number of benzene rings is 1. The molecule has 20 heavy (non-hydrogen) atoms. The minimum absolute atomic E-state index is 0. The summed E-state index contributed by atoms with van der Waals surface area (Å²) in [5, 5.41) is 0. The van der Waals surface area contributed by atoms with Gasteiger partial charge in [0.25, 0.3) is 0 Å². The van der Waals surface area contributed by atoms with Gasteiger partial charge in [0.1, 0.15) is 0 Å². The van der Waals surface area contributed by atoms with Crippen LogP contribution in [0.3, 0.4) is 0 Å². The Hall–Kier alpha value is -0.930. The first-order valence-electron chi connectivity index (χ1n) is 7.10. The smallest absolute Gasteiger partial charge is 0.161 e. The molecule has 1 aromatic rings. The first-order chi connectivity index (χ1) is 9.13. The second kappa shape index (κ2) is 7.75. The molecule has 0 fully saturated rings. The third-order valence-electron chi connectivity index (χ3n) is 3.82. The monoisotopic (exact) mass is 299 g/mol. The summed E-state index contributed by atoms with van der Waals surface area (Å²) in [5.74, 6) is 2.45. The molecule has 0 atom stereocenters. The van der Waals surface area contributed by atoms with E-state index in [0.717, 1.165) is 36.9 Å². The largest absolute Gasteiger partial charge is 0.493 e. The van der Waals surface area contributed by atoms with Gasteiger partial charge in [0, 0.05) is 13.1 Å². The molecule has 0 amide bonds. The molecule has 1 heterocycles. The summed E-state index contributed by atoms with van der Waals surface area (Å²) in [6, 6.07) is 4.27. The number of ether oxygens (including phenoxy) is 2. The molecule has 0 aliphatic carbocycles. The van der Waals surface area contributed by atoms with Crippen LogP contribution in [-0.2, 0) is 13.0 Å². The predicted molar refractivity (Wildman–Crippen MR) is 85.2 cm³/mol. The van der Waals surface area contributed by atoms with Crippen LogP contribution in [-0.4, -0.2) is 32.2 Å². The van der Waals surface area contributed by atoms with Gasteiger partial charge in [0.05, 0.1) is 14.2 Å². The average molecular weight is 300 g/mol. The Labute approximate surface area is 128 Å². The van der Waals surface area contributed by atoms with E-state index in [1.54, 1.807) is 14.2 Å². The fourth-order valence-electron chi connectivity index (χ4n) is 2.57. The molecule has 0 saturated heterocycles. The summed E-state index contributed by atoms with van der Waals surface area (Å²) in [4.78, 5) is 2.54. The molecule has 0 bridgehead atoms. The predicted octanol–water partition coefficient (Wildman–Crippen LogP) is 3.53. The van der Waals surface area contributed by atoms with Crippen molar-refractivity contribution in [3.05, 3.63) is 23.3 Å². The number of hydrogen-bond donors (Lipinski definition) is 0. The van der Waals surface area contributed by atoms with Gasteiger partial charge in [-0.25, -0.2) is 0 Å². The Bertz CT molecular complexity index is 435. The zero-order chi connectivity index (χ0) is 13.8. The SMILES string of the molecule is COc1cc2c(cc1OC)CN(CCC(C)C)CC2.Cl. The Morgan fingerprint density at radius 2 is 1.70 bits per heavy atom. The van der Waals surface area contributed by atoms with Crippen molar-refractivity contribution >= 4 is 12.4 Å². The van der Waals surface area contributed by atoms with Crippen LogP contribution in [0.5, 0.6) is 11.5 Å². The van der Waals surface area contributed by atoms with Crippen molar-refractivity contribution in [3.63, 3.8) is 0 Å². The van der Waals surface area contributed by atoms with E-state index in [9.17, 15) is 0 Å². The van der Waals surface area contributed by atoms with Gasteiger partial charge in [0.2, 0.25) is 0 Å². The lowest BCUT2D eigenvalue weighted by Crippen LogP contribution is -2.32. The lowest BCUT2D eigenvalue weighted by atomic mass is 9.98. The fraction of sp³-hybridized carbons (Fsp3) is 0.625. The van der Waals surface area contributed by atoms with E-state index < -0.39 is 0 Å². The zero-order valence-electron chi connectivity index (χ0n) is 12.9. The normalized spacial score (nSPS) is 14.7. The van der Waals surface area contributed by atoms with Gasteiger partial charge in [0.15, 0.2) is 11.5 Å². The maximum Gasteiger partial charge on any atom is 0.161 e. The van der Waals surface area contributed by atoms with E-state index in [-0.39, 0.29) is 12.4 Å². The van der Waals surface area contributed by atoms with Crippen LogP contribution in [0.15, 0.2) is 12.1 Å². The number of methoxy groups -OCH3 is 2. The Kier molecular flexibility index (Phi) is 6.63. The van der Waals surface area contributed by atoms with E-state index >= 15 is 0 Å². The summed E-state index contributed by atoms with van der Waals surface area (Å²) in [5.41, 5.74) is 2.78. The van der Waals surface area contributed by atoms with E-state index in [1.165, 1.54) is 24.1 Å². The highest BCUT2D eigenvalue weighted by Crippen LogP contribution is 2.33. The van der Waals surface area contributed by atoms with Crippen LogP contribution >= 0.6 is 12.4 Å². The molecule has 4 heteroatoms. The Balaban J connectivity index is 0.00000200. The van der Waals surface area contributed by atoms with Crippen molar-refractivity contribution in [2.45, 2.75) is 33.2 Å². The maximum absolute atomic E-state index is 5.39. The molecule has 1 aromatic carbocycles. The molecular formula is C16H26ClNO2. The van der Waals surface area contributed by atoms with Crippen molar-refractivity contribution in [3.8, 4) is 11.5 Å². The van der Waals surface area contributed by atoms with Crippen LogP contribution in [0.2, 0.25) is 0 Å². The first kappa shape index (κ1) is 17.1. The number of hydrogen-bond acceptors (Lipinski definition) is 3. The highest BCUT2D eigenvalue weighted by Gasteiger charge is 2.19. The molecule has 1 aliphatic heterocycles. The third-order valence-corrected chi connectivity index (χ3v) is 3.82. The van der Waals surface area contributed by atoms with E-state index in [4.69, 9.17) is 9.47 Å². The molecule has 2 rings (SSSR count). The molecule has 0 saturated carbocycles. The highest BCUT2D eigenvalue weighted by atomic mass is 35.5.